The van der Waals surface area contributed by atoms with Crippen molar-refractivity contribution in [3.8, 4) is 0 Å². The summed E-state index contributed by atoms with van der Waals surface area (Å²) in [6.07, 6.45) is 0.735. The molecule has 0 aliphatic carbocycles. The molecule has 1 aliphatic rings. The van der Waals surface area contributed by atoms with Gasteiger partial charge in [-0.1, -0.05) is 0 Å². The highest BCUT2D eigenvalue weighted by Gasteiger charge is 2.23. The van der Waals surface area contributed by atoms with Crippen LogP contribution in [0.1, 0.15) is 6.42 Å². The number of likely N-dealkylation sites (N-methyl/N-ethyl adjacent to an activating group) is 1. The van der Waals surface area contributed by atoms with Crippen molar-refractivity contribution >= 4 is 0 Å². The zero-order chi connectivity index (χ0) is 7.56. The maximum atomic E-state index is 9.46. The third kappa shape index (κ3) is 1.68. The van der Waals surface area contributed by atoms with Gasteiger partial charge in [0, 0.05) is 12.6 Å². The van der Waals surface area contributed by atoms with E-state index >= 15 is 0 Å². The molecular weight excluding hydrogens is 128 g/mol. The van der Waals surface area contributed by atoms with Gasteiger partial charge < -0.3 is 15.3 Å². The molecule has 0 aromatic heterocycles. The highest BCUT2D eigenvalue weighted by Crippen LogP contribution is 2.07. The molecule has 0 unspecified atom stereocenters. The average molecular weight is 144 g/mol. The fraction of sp³-hybridized carbons (Fsp3) is 1.00. The van der Waals surface area contributed by atoms with Crippen LogP contribution in [-0.2, 0) is 0 Å². The van der Waals surface area contributed by atoms with Gasteiger partial charge in [0.2, 0.25) is 0 Å². The molecule has 2 atom stereocenters. The zero-order valence-electron chi connectivity index (χ0n) is 6.67. The second kappa shape index (κ2) is 3.32. The molecule has 1 fully saturated rings. The fourth-order valence-electron chi connectivity index (χ4n) is 1.36. The number of hydrogen-bond acceptors (Lipinski definition) is 3. The van der Waals surface area contributed by atoms with Crippen LogP contribution in [-0.4, -0.2) is 49.3 Å². The second-order valence-corrected chi connectivity index (χ2v) is 3.09. The van der Waals surface area contributed by atoms with Gasteiger partial charge in [-0.3, -0.25) is 0 Å². The van der Waals surface area contributed by atoms with Crippen molar-refractivity contribution in [2.75, 3.05) is 27.2 Å². The van der Waals surface area contributed by atoms with Gasteiger partial charge in [0.1, 0.15) is 0 Å². The van der Waals surface area contributed by atoms with Crippen molar-refractivity contribution in [3.63, 3.8) is 0 Å². The Labute approximate surface area is 62.0 Å². The summed E-state index contributed by atoms with van der Waals surface area (Å²) in [5.74, 6) is 0. The maximum Gasteiger partial charge on any atom is 0.0719 e. The van der Waals surface area contributed by atoms with Crippen molar-refractivity contribution in [3.05, 3.63) is 0 Å². The molecule has 0 aromatic rings. The smallest absolute Gasteiger partial charge is 0.0719 e. The molecule has 10 heavy (non-hydrogen) atoms. The molecule has 3 nitrogen and oxygen atoms in total. The summed E-state index contributed by atoms with van der Waals surface area (Å²) in [5, 5.41) is 12.7. The number of nitrogens with one attached hydrogen (secondary N) is 1. The quantitative estimate of drug-likeness (QED) is 0.509. The van der Waals surface area contributed by atoms with Crippen LogP contribution >= 0.6 is 0 Å². The van der Waals surface area contributed by atoms with E-state index in [9.17, 15) is 5.11 Å². The van der Waals surface area contributed by atoms with E-state index in [0.717, 1.165) is 19.5 Å². The van der Waals surface area contributed by atoms with Crippen molar-refractivity contribution < 1.29 is 5.11 Å². The predicted molar refractivity (Wildman–Crippen MR) is 41.0 cm³/mol. The van der Waals surface area contributed by atoms with E-state index in [2.05, 4.69) is 10.2 Å². The van der Waals surface area contributed by atoms with Gasteiger partial charge in [0.05, 0.1) is 6.10 Å². The van der Waals surface area contributed by atoms with Crippen LogP contribution in [0.25, 0.3) is 0 Å². The number of aliphatic hydroxyl groups is 1. The molecule has 0 aromatic carbocycles. The minimum absolute atomic E-state index is 0.142. The Morgan fingerprint density at radius 1 is 1.50 bits per heavy atom. The summed E-state index contributed by atoms with van der Waals surface area (Å²) < 4.78 is 0. The lowest BCUT2D eigenvalue weighted by Gasteiger charge is -2.33. The first-order valence-electron chi connectivity index (χ1n) is 3.77. The van der Waals surface area contributed by atoms with Crippen molar-refractivity contribution in [2.45, 2.75) is 18.6 Å². The van der Waals surface area contributed by atoms with Crippen molar-refractivity contribution in [1.82, 2.24) is 10.2 Å². The normalized spacial score (nSPS) is 34.8. The minimum Gasteiger partial charge on any atom is -0.391 e. The Morgan fingerprint density at radius 3 is 2.60 bits per heavy atom. The van der Waals surface area contributed by atoms with E-state index in [4.69, 9.17) is 0 Å². The molecule has 0 saturated carbocycles. The second-order valence-electron chi connectivity index (χ2n) is 3.09. The summed E-state index contributed by atoms with van der Waals surface area (Å²) in [4.78, 5) is 2.07. The third-order valence-corrected chi connectivity index (χ3v) is 2.08. The summed E-state index contributed by atoms with van der Waals surface area (Å²) in [6, 6.07) is 0.300. The van der Waals surface area contributed by atoms with Crippen LogP contribution in [0, 0.1) is 0 Å². The largest absolute Gasteiger partial charge is 0.391 e. The monoisotopic (exact) mass is 144 g/mol. The summed E-state index contributed by atoms with van der Waals surface area (Å²) in [7, 11) is 4.00. The van der Waals surface area contributed by atoms with Crippen LogP contribution in [0.2, 0.25) is 0 Å². The number of aliphatic hydroxyl groups excluding tert-OH is 1. The molecule has 3 heteroatoms. The highest BCUT2D eigenvalue weighted by atomic mass is 16.3. The molecule has 0 spiro atoms. The van der Waals surface area contributed by atoms with E-state index in [-0.39, 0.29) is 6.10 Å². The topological polar surface area (TPSA) is 35.5 Å². The first-order valence-corrected chi connectivity index (χ1v) is 3.77. The first kappa shape index (κ1) is 7.98. The summed E-state index contributed by atoms with van der Waals surface area (Å²) in [6.45, 7) is 1.86. The maximum absolute atomic E-state index is 9.46. The first-order chi connectivity index (χ1) is 4.72. The highest BCUT2D eigenvalue weighted by molar-refractivity contribution is 4.82. The summed E-state index contributed by atoms with van der Waals surface area (Å²) >= 11 is 0. The molecule has 0 bridgehead atoms. The lowest BCUT2D eigenvalue weighted by atomic mass is 10.0. The van der Waals surface area contributed by atoms with Crippen LogP contribution in [0.15, 0.2) is 0 Å². The Hall–Kier alpha value is -0.120. The molecule has 1 heterocycles. The van der Waals surface area contributed by atoms with E-state index in [0.29, 0.717) is 6.04 Å². The number of piperidine rings is 1. The lowest BCUT2D eigenvalue weighted by molar-refractivity contribution is 0.0523. The van der Waals surface area contributed by atoms with Gasteiger partial charge in [0.25, 0.3) is 0 Å². The van der Waals surface area contributed by atoms with Crippen LogP contribution in [0.3, 0.4) is 0 Å². The lowest BCUT2D eigenvalue weighted by Crippen LogP contribution is -2.51. The van der Waals surface area contributed by atoms with E-state index in [1.807, 2.05) is 14.1 Å². The van der Waals surface area contributed by atoms with Gasteiger partial charge in [-0.15, -0.1) is 0 Å². The number of nitrogens with zero attached hydrogens (tertiary/aromatic N) is 1. The standard InChI is InChI=1S/C7H16N2O/c1-9(2)6-5-8-4-3-7(6)10/h6-8,10H,3-5H2,1-2H3/t6-,7+/m0/s1. The molecule has 1 aliphatic heterocycles. The van der Waals surface area contributed by atoms with Gasteiger partial charge in [-0.2, -0.15) is 0 Å². The SMILES string of the molecule is CN(C)[C@H]1CNCC[C@H]1O. The molecule has 60 valence electrons. The fourth-order valence-corrected chi connectivity index (χ4v) is 1.36. The van der Waals surface area contributed by atoms with Gasteiger partial charge in [-0.05, 0) is 27.1 Å². The Kier molecular flexibility index (Phi) is 2.65. The predicted octanol–water partition coefficient (Wildman–Crippen LogP) is -0.729. The van der Waals surface area contributed by atoms with Crippen LogP contribution in [0.5, 0.6) is 0 Å². The van der Waals surface area contributed by atoms with E-state index < -0.39 is 0 Å². The van der Waals surface area contributed by atoms with Crippen LogP contribution in [0.4, 0.5) is 0 Å². The minimum atomic E-state index is -0.142. The van der Waals surface area contributed by atoms with Gasteiger partial charge in [-0.25, -0.2) is 0 Å². The molecule has 2 N–H and O–H groups in total. The van der Waals surface area contributed by atoms with E-state index in [1.165, 1.54) is 0 Å². The van der Waals surface area contributed by atoms with E-state index in [1.54, 1.807) is 0 Å². The molecule has 1 rings (SSSR count). The van der Waals surface area contributed by atoms with Crippen molar-refractivity contribution in [1.29, 1.82) is 0 Å². The molecule has 0 radical (unpaired) electrons. The Bertz CT molecular complexity index is 106. The summed E-state index contributed by atoms with van der Waals surface area (Å²) in [5.41, 5.74) is 0. The molecule has 0 amide bonds. The number of hydrogen-bond donors (Lipinski definition) is 2. The molecule has 1 saturated heterocycles. The molecular formula is C7H16N2O. The average Bonchev–Trinajstić information content (AvgIpc) is 1.88. The van der Waals surface area contributed by atoms with Crippen molar-refractivity contribution in [2.24, 2.45) is 0 Å². The third-order valence-electron chi connectivity index (χ3n) is 2.08. The Balaban J connectivity index is 2.40. The van der Waals surface area contributed by atoms with Gasteiger partial charge >= 0.3 is 0 Å². The van der Waals surface area contributed by atoms with Crippen LogP contribution < -0.4 is 5.32 Å². The zero-order valence-corrected chi connectivity index (χ0v) is 6.67. The number of rotatable bonds is 1. The van der Waals surface area contributed by atoms with Gasteiger partial charge in [0.15, 0.2) is 0 Å². The Morgan fingerprint density at radius 2 is 2.20 bits per heavy atom.